The minimum absolute atomic E-state index is 0.0246. The predicted octanol–water partition coefficient (Wildman–Crippen LogP) is 4.55. The van der Waals surface area contributed by atoms with E-state index >= 15 is 0 Å². The van der Waals surface area contributed by atoms with Crippen LogP contribution in [0, 0.1) is 25.4 Å². The van der Waals surface area contributed by atoms with Gasteiger partial charge >= 0.3 is 0 Å². The minimum Gasteiger partial charge on any atom is -0.619 e. The molecule has 0 spiro atoms. The van der Waals surface area contributed by atoms with E-state index < -0.39 is 9.85 Å². The summed E-state index contributed by atoms with van der Waals surface area (Å²) >= 11 is 0. The molecule has 3 aromatic rings. The second-order valence-electron chi connectivity index (χ2n) is 7.04. The fourth-order valence-electron chi connectivity index (χ4n) is 3.16. The summed E-state index contributed by atoms with van der Waals surface area (Å²) in [5, 5.41) is 33.1. The van der Waals surface area contributed by atoms with Gasteiger partial charge in [0.15, 0.2) is 0 Å². The first-order valence-electron chi connectivity index (χ1n) is 9.37. The van der Waals surface area contributed by atoms with Crippen LogP contribution in [0.15, 0.2) is 72.8 Å². The van der Waals surface area contributed by atoms with E-state index in [1.54, 1.807) is 36.4 Å². The number of rotatable bonds is 9. The van der Waals surface area contributed by atoms with Gasteiger partial charge in [0.2, 0.25) is 5.69 Å². The summed E-state index contributed by atoms with van der Waals surface area (Å²) in [6.45, 7) is 4.89. The van der Waals surface area contributed by atoms with Gasteiger partial charge in [-0.25, -0.2) is 0 Å². The highest BCUT2D eigenvalue weighted by Gasteiger charge is 2.12. The molecule has 9 heteroatoms. The van der Waals surface area contributed by atoms with Gasteiger partial charge in [0.1, 0.15) is 6.72 Å². The monoisotopic (exact) mass is 420 g/mol. The van der Waals surface area contributed by atoms with Crippen LogP contribution in [0.3, 0.4) is 0 Å². The topological polar surface area (TPSA) is 116 Å². The van der Waals surface area contributed by atoms with Crippen molar-refractivity contribution in [2.45, 2.75) is 19.6 Å². The van der Waals surface area contributed by atoms with E-state index in [1.165, 1.54) is 24.3 Å². The van der Waals surface area contributed by atoms with Gasteiger partial charge in [-0.2, -0.15) is 4.74 Å². The van der Waals surface area contributed by atoms with Crippen molar-refractivity contribution in [3.63, 3.8) is 0 Å². The van der Waals surface area contributed by atoms with Crippen LogP contribution < -0.4 is 0 Å². The molecule has 0 radical (unpaired) electrons. The maximum absolute atomic E-state index is 11.3. The molecular formula is C22H20N4O5. The van der Waals surface area contributed by atoms with Crippen molar-refractivity contribution in [2.24, 2.45) is 0 Å². The second kappa shape index (κ2) is 9.59. The fourth-order valence-corrected chi connectivity index (χ4v) is 3.16. The summed E-state index contributed by atoms with van der Waals surface area (Å²) in [4.78, 5) is 23.0. The van der Waals surface area contributed by atoms with Crippen molar-refractivity contribution >= 4 is 23.8 Å². The van der Waals surface area contributed by atoms with E-state index in [-0.39, 0.29) is 11.4 Å². The molecule has 3 rings (SSSR count). The van der Waals surface area contributed by atoms with Crippen LogP contribution in [-0.2, 0) is 19.6 Å². The van der Waals surface area contributed by atoms with Gasteiger partial charge in [-0.15, -0.1) is 0 Å². The van der Waals surface area contributed by atoms with Crippen molar-refractivity contribution < 1.29 is 14.6 Å². The van der Waals surface area contributed by atoms with Gasteiger partial charge in [0, 0.05) is 56.0 Å². The maximum atomic E-state index is 11.3. The largest absolute Gasteiger partial charge is 0.619 e. The number of hydrogen-bond acceptors (Lipinski definition) is 6. The van der Waals surface area contributed by atoms with Crippen molar-refractivity contribution in [1.29, 1.82) is 0 Å². The smallest absolute Gasteiger partial charge is 0.269 e. The Bertz CT molecular complexity index is 939. The first-order valence-corrected chi connectivity index (χ1v) is 9.37. The van der Waals surface area contributed by atoms with Crippen LogP contribution in [0.1, 0.15) is 16.7 Å². The molecule has 0 aliphatic carbocycles. The van der Waals surface area contributed by atoms with Crippen LogP contribution in [0.5, 0.6) is 0 Å². The summed E-state index contributed by atoms with van der Waals surface area (Å²) in [5.74, 6) is 0. The van der Waals surface area contributed by atoms with Crippen LogP contribution in [0.4, 0.5) is 17.1 Å². The summed E-state index contributed by atoms with van der Waals surface area (Å²) in [7, 11) is 0. The highest BCUT2D eigenvalue weighted by Crippen LogP contribution is 2.20. The molecule has 0 saturated heterocycles. The lowest BCUT2D eigenvalue weighted by atomic mass is 10.1. The van der Waals surface area contributed by atoms with Crippen LogP contribution >= 0.6 is 0 Å². The van der Waals surface area contributed by atoms with E-state index in [4.69, 9.17) is 0 Å². The number of nitro benzene ring substituents is 2. The van der Waals surface area contributed by atoms with Gasteiger partial charge in [-0.1, -0.05) is 36.4 Å². The molecule has 9 nitrogen and oxygen atoms in total. The molecule has 0 aliphatic rings. The molecule has 0 heterocycles. The zero-order valence-electron chi connectivity index (χ0n) is 16.6. The fraction of sp³-hybridized carbons (Fsp3) is 0.136. The third-order valence-corrected chi connectivity index (χ3v) is 4.74. The lowest BCUT2D eigenvalue weighted by Gasteiger charge is -2.23. The molecule has 0 bridgehead atoms. The summed E-state index contributed by atoms with van der Waals surface area (Å²) in [5.41, 5.74) is 3.25. The molecule has 158 valence electrons. The van der Waals surface area contributed by atoms with E-state index in [1.807, 2.05) is 12.1 Å². The standard InChI is InChI=1S/C22H20N4O5/c1-23(27)20-8-2-17(3-9-20)14-24(15-18-4-10-21(11-5-18)25(28)29)16-19-6-12-22(13-7-19)26(30)31/h2-13H,1,14-16H2. The third-order valence-electron chi connectivity index (χ3n) is 4.74. The molecular weight excluding hydrogens is 400 g/mol. The Hall–Kier alpha value is -4.11. The molecule has 0 N–H and O–H groups in total. The molecule has 0 aromatic heterocycles. The zero-order valence-corrected chi connectivity index (χ0v) is 16.6. The van der Waals surface area contributed by atoms with Crippen LogP contribution in [0.2, 0.25) is 0 Å². The van der Waals surface area contributed by atoms with E-state index in [9.17, 15) is 25.4 Å². The molecule has 0 saturated carbocycles. The average molecular weight is 420 g/mol. The number of non-ortho nitro benzene ring substituents is 2. The maximum Gasteiger partial charge on any atom is 0.269 e. The Balaban J connectivity index is 1.80. The molecule has 0 fully saturated rings. The number of hydrogen-bond donors (Lipinski definition) is 0. The van der Waals surface area contributed by atoms with Crippen molar-refractivity contribution in [1.82, 2.24) is 4.90 Å². The van der Waals surface area contributed by atoms with E-state index in [2.05, 4.69) is 11.6 Å². The van der Waals surface area contributed by atoms with Gasteiger partial charge in [0.25, 0.3) is 11.4 Å². The molecule has 0 amide bonds. The van der Waals surface area contributed by atoms with Crippen molar-refractivity contribution in [2.75, 3.05) is 0 Å². The Morgan fingerprint density at radius 3 is 1.13 bits per heavy atom. The first kappa shape index (κ1) is 21.6. The van der Waals surface area contributed by atoms with Crippen LogP contribution in [-0.4, -0.2) is 26.2 Å². The van der Waals surface area contributed by atoms with E-state index in [0.717, 1.165) is 16.7 Å². The molecule has 0 unspecified atom stereocenters. The Labute approximate surface area is 178 Å². The Morgan fingerprint density at radius 2 is 0.871 bits per heavy atom. The normalized spacial score (nSPS) is 10.7. The molecule has 0 atom stereocenters. The van der Waals surface area contributed by atoms with Gasteiger partial charge in [0.05, 0.1) is 9.85 Å². The first-order chi connectivity index (χ1) is 14.8. The zero-order chi connectivity index (χ0) is 22.4. The summed E-state index contributed by atoms with van der Waals surface area (Å²) < 4.78 is 0.537. The molecule has 31 heavy (non-hydrogen) atoms. The summed E-state index contributed by atoms with van der Waals surface area (Å²) in [6.07, 6.45) is 0. The van der Waals surface area contributed by atoms with Gasteiger partial charge in [-0.3, -0.25) is 25.1 Å². The van der Waals surface area contributed by atoms with Crippen molar-refractivity contribution in [3.8, 4) is 0 Å². The minimum atomic E-state index is -0.443. The average Bonchev–Trinajstić information content (AvgIpc) is 2.75. The Kier molecular flexibility index (Phi) is 6.68. The molecule has 0 aliphatic heterocycles. The lowest BCUT2D eigenvalue weighted by molar-refractivity contribution is -0.385. The number of nitrogens with zero attached hydrogens (tertiary/aromatic N) is 4. The van der Waals surface area contributed by atoms with Crippen LogP contribution in [0.25, 0.3) is 0 Å². The van der Waals surface area contributed by atoms with Crippen molar-refractivity contribution in [3.05, 3.63) is 115 Å². The predicted molar refractivity (Wildman–Crippen MR) is 116 cm³/mol. The van der Waals surface area contributed by atoms with Gasteiger partial charge in [-0.05, 0) is 16.7 Å². The second-order valence-corrected chi connectivity index (χ2v) is 7.04. The SMILES string of the molecule is C=[N+]([O-])c1ccc(CN(Cc2ccc([N+](=O)[O-])cc2)Cc2ccc([N+](=O)[O-])cc2)cc1. The third kappa shape index (κ3) is 5.94. The highest BCUT2D eigenvalue weighted by atomic mass is 16.6. The van der Waals surface area contributed by atoms with Gasteiger partial charge < -0.3 is 5.21 Å². The number of benzene rings is 3. The quantitative estimate of drug-likeness (QED) is 0.165. The molecule has 3 aromatic carbocycles. The summed E-state index contributed by atoms with van der Waals surface area (Å²) in [6, 6.07) is 19.7. The number of nitro groups is 2. The Morgan fingerprint density at radius 1 is 0.581 bits per heavy atom. The van der Waals surface area contributed by atoms with E-state index in [0.29, 0.717) is 30.1 Å². The lowest BCUT2D eigenvalue weighted by Crippen LogP contribution is -2.22. The highest BCUT2D eigenvalue weighted by molar-refractivity contribution is 5.37.